The van der Waals surface area contributed by atoms with E-state index in [1.165, 1.54) is 0 Å². The summed E-state index contributed by atoms with van der Waals surface area (Å²) in [5, 5.41) is 11.7. The molecule has 19 heavy (non-hydrogen) atoms. The molecule has 0 heterocycles. The standard InChI is InChI=1S/C13H10BrFN2O2/c14-7-2-1-3-8(4-7)17-12-6-10(15)9(13(18)19)5-11(12)16/h1-6,17H,16H2,(H,18,19). The fraction of sp³-hybridized carbons (Fsp3) is 0. The number of nitrogens with two attached hydrogens (primary N) is 1. The molecule has 0 bridgehead atoms. The number of aromatic carboxylic acids is 1. The normalized spacial score (nSPS) is 10.2. The van der Waals surface area contributed by atoms with E-state index in [-0.39, 0.29) is 5.69 Å². The quantitative estimate of drug-likeness (QED) is 0.754. The van der Waals surface area contributed by atoms with E-state index >= 15 is 0 Å². The predicted molar refractivity (Wildman–Crippen MR) is 75.2 cm³/mol. The van der Waals surface area contributed by atoms with Crippen LogP contribution in [0.3, 0.4) is 0 Å². The van der Waals surface area contributed by atoms with Crippen LogP contribution < -0.4 is 11.1 Å². The Balaban J connectivity index is 2.36. The number of carbonyl (C=O) groups is 1. The summed E-state index contributed by atoms with van der Waals surface area (Å²) < 4.78 is 14.4. The van der Waals surface area contributed by atoms with Crippen LogP contribution in [-0.2, 0) is 0 Å². The van der Waals surface area contributed by atoms with Crippen molar-refractivity contribution in [3.63, 3.8) is 0 Å². The van der Waals surface area contributed by atoms with Crippen LogP contribution in [0.2, 0.25) is 0 Å². The number of rotatable bonds is 3. The smallest absolute Gasteiger partial charge is 0.338 e. The van der Waals surface area contributed by atoms with Crippen LogP contribution >= 0.6 is 15.9 Å². The number of nitrogens with one attached hydrogen (secondary N) is 1. The summed E-state index contributed by atoms with van der Waals surface area (Å²) in [4.78, 5) is 10.8. The van der Waals surface area contributed by atoms with Gasteiger partial charge in [-0.05, 0) is 24.3 Å². The third kappa shape index (κ3) is 3.03. The number of hydrogen-bond donors (Lipinski definition) is 3. The van der Waals surface area contributed by atoms with Gasteiger partial charge >= 0.3 is 5.97 Å². The van der Waals surface area contributed by atoms with Crippen molar-refractivity contribution >= 4 is 39.0 Å². The summed E-state index contributed by atoms with van der Waals surface area (Å²) in [6.45, 7) is 0. The molecule has 0 amide bonds. The van der Waals surface area contributed by atoms with Crippen LogP contribution in [-0.4, -0.2) is 11.1 Å². The number of nitrogen functional groups attached to an aromatic ring is 1. The van der Waals surface area contributed by atoms with Crippen molar-refractivity contribution in [3.8, 4) is 0 Å². The van der Waals surface area contributed by atoms with Crippen LogP contribution in [0.1, 0.15) is 10.4 Å². The summed E-state index contributed by atoms with van der Waals surface area (Å²) in [6.07, 6.45) is 0. The minimum absolute atomic E-state index is 0.166. The molecule has 0 unspecified atom stereocenters. The van der Waals surface area contributed by atoms with Crippen molar-refractivity contribution in [1.29, 1.82) is 0 Å². The number of halogens is 2. The van der Waals surface area contributed by atoms with Gasteiger partial charge in [0.15, 0.2) is 0 Å². The second-order valence-electron chi connectivity index (χ2n) is 3.86. The Morgan fingerprint density at radius 2 is 2.05 bits per heavy atom. The summed E-state index contributed by atoms with van der Waals surface area (Å²) in [6, 6.07) is 9.40. The molecule has 0 saturated heterocycles. The van der Waals surface area contributed by atoms with E-state index in [9.17, 15) is 9.18 Å². The van der Waals surface area contributed by atoms with Gasteiger partial charge < -0.3 is 16.2 Å². The first-order chi connectivity index (χ1) is 8.97. The van der Waals surface area contributed by atoms with Gasteiger partial charge in [0.05, 0.1) is 16.9 Å². The lowest BCUT2D eigenvalue weighted by molar-refractivity contribution is 0.0692. The van der Waals surface area contributed by atoms with E-state index in [2.05, 4.69) is 21.2 Å². The SMILES string of the molecule is Nc1cc(C(=O)O)c(F)cc1Nc1cccc(Br)c1. The molecule has 0 aliphatic rings. The fourth-order valence-electron chi connectivity index (χ4n) is 1.58. The van der Waals surface area contributed by atoms with Gasteiger partial charge in [-0.15, -0.1) is 0 Å². The highest BCUT2D eigenvalue weighted by Crippen LogP contribution is 2.27. The number of carboxylic acid groups (broad SMARTS) is 1. The topological polar surface area (TPSA) is 75.4 Å². The van der Waals surface area contributed by atoms with E-state index in [1.54, 1.807) is 12.1 Å². The molecule has 2 rings (SSSR count). The van der Waals surface area contributed by atoms with Gasteiger partial charge in [0.1, 0.15) is 5.82 Å². The lowest BCUT2D eigenvalue weighted by atomic mass is 10.1. The molecule has 0 aliphatic carbocycles. The molecule has 98 valence electrons. The zero-order chi connectivity index (χ0) is 14.0. The Morgan fingerprint density at radius 1 is 1.32 bits per heavy atom. The maximum Gasteiger partial charge on any atom is 0.338 e. The van der Waals surface area contributed by atoms with Crippen LogP contribution in [0.5, 0.6) is 0 Å². The van der Waals surface area contributed by atoms with Gasteiger partial charge in [-0.1, -0.05) is 22.0 Å². The Bertz CT molecular complexity index is 647. The first-order valence-electron chi connectivity index (χ1n) is 5.32. The van der Waals surface area contributed by atoms with Gasteiger partial charge in [0.2, 0.25) is 0 Å². The highest BCUT2D eigenvalue weighted by atomic mass is 79.9. The molecule has 2 aromatic rings. The van der Waals surface area contributed by atoms with Gasteiger partial charge in [-0.3, -0.25) is 0 Å². The highest BCUT2D eigenvalue weighted by molar-refractivity contribution is 9.10. The Kier molecular flexibility index (Phi) is 3.71. The number of benzene rings is 2. The first kappa shape index (κ1) is 13.4. The lowest BCUT2D eigenvalue weighted by Gasteiger charge is -2.11. The molecule has 4 nitrogen and oxygen atoms in total. The van der Waals surface area contributed by atoms with Crippen molar-refractivity contribution in [3.05, 3.63) is 52.3 Å². The fourth-order valence-corrected chi connectivity index (χ4v) is 1.98. The zero-order valence-electron chi connectivity index (χ0n) is 9.65. The van der Waals surface area contributed by atoms with Crippen molar-refractivity contribution in [2.75, 3.05) is 11.1 Å². The van der Waals surface area contributed by atoms with Crippen molar-refractivity contribution < 1.29 is 14.3 Å². The zero-order valence-corrected chi connectivity index (χ0v) is 11.2. The van der Waals surface area contributed by atoms with Gasteiger partial charge in [0.25, 0.3) is 0 Å². The molecule has 0 aromatic heterocycles. The van der Waals surface area contributed by atoms with Gasteiger partial charge in [-0.2, -0.15) is 0 Å². The van der Waals surface area contributed by atoms with Crippen LogP contribution in [0.4, 0.5) is 21.5 Å². The summed E-state index contributed by atoms with van der Waals surface area (Å²) in [5.74, 6) is -2.18. The minimum atomic E-state index is -1.35. The average Bonchev–Trinajstić information content (AvgIpc) is 2.33. The van der Waals surface area contributed by atoms with E-state index in [4.69, 9.17) is 10.8 Å². The molecule has 0 spiro atoms. The molecule has 0 atom stereocenters. The third-order valence-corrected chi connectivity index (χ3v) is 2.97. The van der Waals surface area contributed by atoms with Crippen molar-refractivity contribution in [2.45, 2.75) is 0 Å². The maximum atomic E-state index is 13.6. The molecule has 0 radical (unpaired) electrons. The van der Waals surface area contributed by atoms with E-state index < -0.39 is 17.3 Å². The van der Waals surface area contributed by atoms with E-state index in [0.29, 0.717) is 11.4 Å². The van der Waals surface area contributed by atoms with E-state index in [1.807, 2.05) is 12.1 Å². The maximum absolute atomic E-state index is 13.6. The predicted octanol–water partition coefficient (Wildman–Crippen LogP) is 3.61. The summed E-state index contributed by atoms with van der Waals surface area (Å²) in [5.41, 5.74) is 6.46. The van der Waals surface area contributed by atoms with Gasteiger partial charge in [-0.25, -0.2) is 9.18 Å². The Morgan fingerprint density at radius 3 is 2.68 bits per heavy atom. The van der Waals surface area contributed by atoms with E-state index in [0.717, 1.165) is 16.6 Å². The molecule has 2 aromatic carbocycles. The number of carboxylic acids is 1. The van der Waals surface area contributed by atoms with Crippen molar-refractivity contribution in [1.82, 2.24) is 0 Å². The molecule has 0 saturated carbocycles. The minimum Gasteiger partial charge on any atom is -0.478 e. The Hall–Kier alpha value is -2.08. The van der Waals surface area contributed by atoms with Crippen LogP contribution in [0.15, 0.2) is 40.9 Å². The second-order valence-corrected chi connectivity index (χ2v) is 4.78. The van der Waals surface area contributed by atoms with Crippen molar-refractivity contribution in [2.24, 2.45) is 0 Å². The molecule has 4 N–H and O–H groups in total. The molecular weight excluding hydrogens is 315 g/mol. The summed E-state index contributed by atoms with van der Waals surface area (Å²) >= 11 is 3.32. The molecular formula is C13H10BrFN2O2. The summed E-state index contributed by atoms with van der Waals surface area (Å²) in [7, 11) is 0. The molecule has 6 heteroatoms. The largest absolute Gasteiger partial charge is 0.478 e. The second kappa shape index (κ2) is 5.27. The lowest BCUT2D eigenvalue weighted by Crippen LogP contribution is -2.05. The Labute approximate surface area is 117 Å². The first-order valence-corrected chi connectivity index (χ1v) is 6.11. The number of anilines is 3. The molecule has 0 fully saturated rings. The monoisotopic (exact) mass is 324 g/mol. The number of hydrogen-bond acceptors (Lipinski definition) is 3. The molecule has 0 aliphatic heterocycles. The van der Waals surface area contributed by atoms with Crippen LogP contribution in [0.25, 0.3) is 0 Å². The highest BCUT2D eigenvalue weighted by Gasteiger charge is 2.13. The average molecular weight is 325 g/mol. The third-order valence-electron chi connectivity index (χ3n) is 2.47. The van der Waals surface area contributed by atoms with Gasteiger partial charge in [0, 0.05) is 16.2 Å². The van der Waals surface area contributed by atoms with Crippen LogP contribution in [0, 0.1) is 5.82 Å².